The van der Waals surface area contributed by atoms with Crippen LogP contribution in [-0.2, 0) is 0 Å². The smallest absolute Gasteiger partial charge is 0.0595 e. The molecule has 2 atom stereocenters. The molecule has 1 aliphatic heterocycles. The Morgan fingerprint density at radius 1 is 1.27 bits per heavy atom. The molecule has 15 heavy (non-hydrogen) atoms. The lowest BCUT2D eigenvalue weighted by Gasteiger charge is -2.13. The Kier molecular flexibility index (Phi) is 3.52. The quantitative estimate of drug-likeness (QED) is 0.840. The van der Waals surface area contributed by atoms with E-state index in [4.69, 9.17) is 28.3 Å². The lowest BCUT2D eigenvalue weighted by Crippen LogP contribution is -2.27. The first kappa shape index (κ1) is 11.2. The summed E-state index contributed by atoms with van der Waals surface area (Å²) in [6.45, 7) is 0.192. The van der Waals surface area contributed by atoms with Gasteiger partial charge in [0.15, 0.2) is 0 Å². The molecule has 1 aromatic carbocycles. The Bertz CT molecular complexity index is 356. The van der Waals surface area contributed by atoms with Gasteiger partial charge in [-0.25, -0.2) is 0 Å². The third-order valence-corrected chi connectivity index (χ3v) is 3.55. The summed E-state index contributed by atoms with van der Waals surface area (Å²) in [7, 11) is 0. The molecule has 82 valence electrons. The molecule has 1 aliphatic rings. The number of rotatable bonds is 2. The van der Waals surface area contributed by atoms with E-state index >= 15 is 0 Å². The molecule has 0 aliphatic carbocycles. The molecule has 4 heteroatoms. The minimum Gasteiger partial charge on any atom is -0.395 e. The SMILES string of the molecule is OCC1CCC(c2ccc(Cl)c(Cl)c2)N1. The second-order valence-electron chi connectivity index (χ2n) is 3.85. The van der Waals surface area contributed by atoms with Gasteiger partial charge in [-0.05, 0) is 30.5 Å². The van der Waals surface area contributed by atoms with E-state index in [-0.39, 0.29) is 18.7 Å². The number of aliphatic hydroxyl groups excluding tert-OH is 1. The number of benzene rings is 1. The van der Waals surface area contributed by atoms with Crippen LogP contribution in [0, 0.1) is 0 Å². The fraction of sp³-hybridized carbons (Fsp3) is 0.455. The van der Waals surface area contributed by atoms with Crippen molar-refractivity contribution in [2.45, 2.75) is 24.9 Å². The molecule has 0 spiro atoms. The van der Waals surface area contributed by atoms with Crippen LogP contribution >= 0.6 is 23.2 Å². The van der Waals surface area contributed by atoms with Gasteiger partial charge in [-0.15, -0.1) is 0 Å². The molecule has 0 bridgehead atoms. The summed E-state index contributed by atoms with van der Waals surface area (Å²) in [4.78, 5) is 0. The van der Waals surface area contributed by atoms with E-state index in [1.165, 1.54) is 0 Å². The van der Waals surface area contributed by atoms with Crippen LogP contribution in [0.15, 0.2) is 18.2 Å². The topological polar surface area (TPSA) is 32.3 Å². The van der Waals surface area contributed by atoms with Crippen molar-refractivity contribution in [1.29, 1.82) is 0 Å². The molecule has 1 heterocycles. The summed E-state index contributed by atoms with van der Waals surface area (Å²) in [6, 6.07) is 6.18. The third kappa shape index (κ3) is 2.45. The molecule has 1 saturated heterocycles. The molecule has 0 aromatic heterocycles. The maximum absolute atomic E-state index is 9.02. The summed E-state index contributed by atoms with van der Waals surface area (Å²) in [5, 5.41) is 13.5. The van der Waals surface area contributed by atoms with Gasteiger partial charge in [-0.2, -0.15) is 0 Å². The van der Waals surface area contributed by atoms with Crippen molar-refractivity contribution in [3.05, 3.63) is 33.8 Å². The van der Waals surface area contributed by atoms with Crippen LogP contribution < -0.4 is 5.32 Å². The molecule has 0 radical (unpaired) electrons. The number of hydrogen-bond donors (Lipinski definition) is 2. The minimum atomic E-state index is 0.192. The highest BCUT2D eigenvalue weighted by molar-refractivity contribution is 6.42. The van der Waals surface area contributed by atoms with E-state index in [0.717, 1.165) is 18.4 Å². The highest BCUT2D eigenvalue weighted by Crippen LogP contribution is 2.30. The van der Waals surface area contributed by atoms with Gasteiger partial charge >= 0.3 is 0 Å². The zero-order valence-electron chi connectivity index (χ0n) is 8.21. The van der Waals surface area contributed by atoms with Crippen LogP contribution in [0.4, 0.5) is 0 Å². The number of halogens is 2. The first-order valence-electron chi connectivity index (χ1n) is 5.02. The average Bonchev–Trinajstić information content (AvgIpc) is 2.70. The van der Waals surface area contributed by atoms with E-state index in [0.29, 0.717) is 10.0 Å². The van der Waals surface area contributed by atoms with Crippen molar-refractivity contribution in [3.8, 4) is 0 Å². The highest BCUT2D eigenvalue weighted by Gasteiger charge is 2.24. The van der Waals surface area contributed by atoms with Gasteiger partial charge in [-0.3, -0.25) is 0 Å². The van der Waals surface area contributed by atoms with Crippen molar-refractivity contribution < 1.29 is 5.11 Å². The van der Waals surface area contributed by atoms with Gasteiger partial charge in [0, 0.05) is 12.1 Å². The van der Waals surface area contributed by atoms with E-state index < -0.39 is 0 Å². The molecule has 2 unspecified atom stereocenters. The van der Waals surface area contributed by atoms with Gasteiger partial charge in [0.25, 0.3) is 0 Å². The fourth-order valence-corrected chi connectivity index (χ4v) is 2.26. The van der Waals surface area contributed by atoms with Crippen molar-refractivity contribution in [1.82, 2.24) is 5.32 Å². The van der Waals surface area contributed by atoms with Gasteiger partial charge in [0.05, 0.1) is 16.7 Å². The summed E-state index contributed by atoms with van der Waals surface area (Å²) in [5.41, 5.74) is 1.14. The van der Waals surface area contributed by atoms with Crippen molar-refractivity contribution in [2.75, 3.05) is 6.61 Å². The van der Waals surface area contributed by atoms with Crippen molar-refractivity contribution >= 4 is 23.2 Å². The number of hydrogen-bond acceptors (Lipinski definition) is 2. The van der Waals surface area contributed by atoms with Gasteiger partial charge in [0.2, 0.25) is 0 Å². The van der Waals surface area contributed by atoms with E-state index in [1.54, 1.807) is 0 Å². The van der Waals surface area contributed by atoms with Crippen molar-refractivity contribution in [2.24, 2.45) is 0 Å². The molecular formula is C11H13Cl2NO. The largest absolute Gasteiger partial charge is 0.395 e. The molecule has 1 aromatic rings. The van der Waals surface area contributed by atoms with Crippen LogP contribution in [0.25, 0.3) is 0 Å². The summed E-state index contributed by atoms with van der Waals surface area (Å²) in [6.07, 6.45) is 2.03. The second kappa shape index (κ2) is 4.71. The van der Waals surface area contributed by atoms with E-state index in [9.17, 15) is 0 Å². The number of aliphatic hydroxyl groups is 1. The molecule has 2 rings (SSSR count). The minimum absolute atomic E-state index is 0.192. The molecule has 1 fully saturated rings. The van der Waals surface area contributed by atoms with E-state index in [1.807, 2.05) is 18.2 Å². The Hall–Kier alpha value is -0.280. The van der Waals surface area contributed by atoms with Crippen LogP contribution in [0.3, 0.4) is 0 Å². The first-order valence-corrected chi connectivity index (χ1v) is 5.78. The number of nitrogens with one attached hydrogen (secondary N) is 1. The lowest BCUT2D eigenvalue weighted by molar-refractivity contribution is 0.251. The van der Waals surface area contributed by atoms with Crippen LogP contribution in [-0.4, -0.2) is 17.8 Å². The van der Waals surface area contributed by atoms with Crippen LogP contribution in [0.1, 0.15) is 24.4 Å². The van der Waals surface area contributed by atoms with Gasteiger partial charge < -0.3 is 10.4 Å². The fourth-order valence-electron chi connectivity index (χ4n) is 1.96. The predicted octanol–water partition coefficient (Wildman–Crippen LogP) is 2.78. The molecular weight excluding hydrogens is 233 g/mol. The van der Waals surface area contributed by atoms with E-state index in [2.05, 4.69) is 5.32 Å². The summed E-state index contributed by atoms with van der Waals surface area (Å²) >= 11 is 11.8. The molecule has 2 N–H and O–H groups in total. The Balaban J connectivity index is 2.13. The predicted molar refractivity (Wildman–Crippen MR) is 62.4 cm³/mol. The summed E-state index contributed by atoms with van der Waals surface area (Å²) in [5.74, 6) is 0. The van der Waals surface area contributed by atoms with Gasteiger partial charge in [-0.1, -0.05) is 29.3 Å². The van der Waals surface area contributed by atoms with Crippen LogP contribution in [0.5, 0.6) is 0 Å². The zero-order valence-corrected chi connectivity index (χ0v) is 9.72. The Morgan fingerprint density at radius 2 is 2.07 bits per heavy atom. The summed E-state index contributed by atoms with van der Waals surface area (Å²) < 4.78 is 0. The molecule has 0 amide bonds. The Morgan fingerprint density at radius 3 is 2.67 bits per heavy atom. The third-order valence-electron chi connectivity index (χ3n) is 2.81. The Labute approximate surface area is 99.2 Å². The molecule has 0 saturated carbocycles. The van der Waals surface area contributed by atoms with Crippen molar-refractivity contribution in [3.63, 3.8) is 0 Å². The van der Waals surface area contributed by atoms with Gasteiger partial charge in [0.1, 0.15) is 0 Å². The zero-order chi connectivity index (χ0) is 10.8. The normalized spacial score (nSPS) is 25.8. The molecule has 2 nitrogen and oxygen atoms in total. The second-order valence-corrected chi connectivity index (χ2v) is 4.66. The highest BCUT2D eigenvalue weighted by atomic mass is 35.5. The maximum Gasteiger partial charge on any atom is 0.0595 e. The average molecular weight is 246 g/mol. The maximum atomic E-state index is 9.02. The first-order chi connectivity index (χ1) is 7.20. The monoisotopic (exact) mass is 245 g/mol. The van der Waals surface area contributed by atoms with Crippen LogP contribution in [0.2, 0.25) is 10.0 Å². The lowest BCUT2D eigenvalue weighted by atomic mass is 10.1. The standard InChI is InChI=1S/C11H13Cl2NO/c12-9-3-1-7(5-10(9)13)11-4-2-8(6-15)14-11/h1,3,5,8,11,14-15H,2,4,6H2.